The molecule has 0 saturated heterocycles. The van der Waals surface area contributed by atoms with Gasteiger partial charge in [-0.1, -0.05) is 26.3 Å². The lowest BCUT2D eigenvalue weighted by Crippen LogP contribution is -2.48. The van der Waals surface area contributed by atoms with Crippen LogP contribution in [0.3, 0.4) is 0 Å². The molecule has 0 spiro atoms. The molecule has 34 heavy (non-hydrogen) atoms. The van der Waals surface area contributed by atoms with E-state index in [9.17, 15) is 39.6 Å². The summed E-state index contributed by atoms with van der Waals surface area (Å²) in [4.78, 5) is 41.4. The number of carboxylic acid groups (broad SMARTS) is 2. The molecule has 0 aliphatic rings. The fourth-order valence-corrected chi connectivity index (χ4v) is 1.22. The van der Waals surface area contributed by atoms with E-state index in [-0.39, 0.29) is 22.3 Å². The van der Waals surface area contributed by atoms with Crippen LogP contribution >= 0.6 is 0 Å². The zero-order valence-electron chi connectivity index (χ0n) is 19.7. The summed E-state index contributed by atoms with van der Waals surface area (Å²) < 4.78 is 9.22. The number of carbonyl (C=O) groups excluding carboxylic acids is 2. The predicted molar refractivity (Wildman–Crippen MR) is 120 cm³/mol. The van der Waals surface area contributed by atoms with Gasteiger partial charge in [0.25, 0.3) is 0 Å². The van der Waals surface area contributed by atoms with Crippen LogP contribution in [-0.4, -0.2) is 92.1 Å². The average Bonchev–Trinajstić information content (AvgIpc) is 2.74. The van der Waals surface area contributed by atoms with Gasteiger partial charge in [-0.15, -0.1) is 0 Å². The van der Waals surface area contributed by atoms with E-state index in [4.69, 9.17) is 10.2 Å². The van der Waals surface area contributed by atoms with E-state index in [2.05, 4.69) is 35.8 Å². The lowest BCUT2D eigenvalue weighted by atomic mass is 10.0. The SMILES string of the molecule is C=C(C)C(=O)O.C=C(C)C(=O)O.C=C(C)C(=O)OCC(O)C(O)C(O)C(O)COC(=O)C(=C)C. The van der Waals surface area contributed by atoms with Crippen LogP contribution in [0, 0.1) is 0 Å². The van der Waals surface area contributed by atoms with Gasteiger partial charge in [0.15, 0.2) is 0 Å². The maximum Gasteiger partial charge on any atom is 0.333 e. The Morgan fingerprint density at radius 3 is 0.941 bits per heavy atom. The van der Waals surface area contributed by atoms with E-state index in [1.807, 2.05) is 0 Å². The first-order valence-electron chi connectivity index (χ1n) is 9.51. The highest BCUT2D eigenvalue weighted by Gasteiger charge is 2.32. The molecule has 0 rings (SSSR count). The van der Waals surface area contributed by atoms with Crippen LogP contribution in [0.15, 0.2) is 48.6 Å². The molecule has 0 saturated carbocycles. The highest BCUT2D eigenvalue weighted by Crippen LogP contribution is 2.08. The minimum atomic E-state index is -1.81. The van der Waals surface area contributed by atoms with Crippen molar-refractivity contribution in [2.75, 3.05) is 13.2 Å². The summed E-state index contributed by atoms with van der Waals surface area (Å²) in [7, 11) is 0. The van der Waals surface area contributed by atoms with Crippen LogP contribution in [0.4, 0.5) is 0 Å². The Hall–Kier alpha value is -3.32. The van der Waals surface area contributed by atoms with Crippen LogP contribution in [0.1, 0.15) is 27.7 Å². The second-order valence-electron chi connectivity index (χ2n) is 7.04. The van der Waals surface area contributed by atoms with Crippen molar-refractivity contribution in [2.24, 2.45) is 0 Å². The van der Waals surface area contributed by atoms with Crippen molar-refractivity contribution in [3.63, 3.8) is 0 Å². The van der Waals surface area contributed by atoms with Crippen LogP contribution in [-0.2, 0) is 28.7 Å². The van der Waals surface area contributed by atoms with Gasteiger partial charge in [0.2, 0.25) is 0 Å². The fourth-order valence-electron chi connectivity index (χ4n) is 1.22. The number of esters is 2. The molecule has 4 unspecified atom stereocenters. The van der Waals surface area contributed by atoms with Crippen molar-refractivity contribution in [3.8, 4) is 0 Å². The standard InChI is InChI=1S/C14H22O8.2C4H6O2/c1-7(2)13(19)21-5-9(15)11(17)12(18)10(16)6-22-14(20)8(3)4;2*1-3(2)4(5)6/h9-12,15-18H,1,3,5-6H2,2,4H3;2*1H2,2H3,(H,5,6). The van der Waals surface area contributed by atoms with Crippen LogP contribution in [0.25, 0.3) is 0 Å². The third kappa shape index (κ3) is 18.3. The molecule has 0 aromatic carbocycles. The number of aliphatic hydroxyl groups excluding tert-OH is 4. The molecule has 0 radical (unpaired) electrons. The summed E-state index contributed by atoms with van der Waals surface area (Å²) in [5, 5.41) is 54.3. The number of aliphatic carboxylic acids is 2. The van der Waals surface area contributed by atoms with Crippen LogP contribution < -0.4 is 0 Å². The highest BCUT2D eigenvalue weighted by atomic mass is 16.6. The van der Waals surface area contributed by atoms with E-state index in [0.717, 1.165) is 0 Å². The monoisotopic (exact) mass is 490 g/mol. The summed E-state index contributed by atoms with van der Waals surface area (Å²) in [6.45, 7) is 17.5. The normalized spacial score (nSPS) is 13.1. The summed E-state index contributed by atoms with van der Waals surface area (Å²) >= 11 is 0. The molecule has 12 heteroatoms. The lowest BCUT2D eigenvalue weighted by Gasteiger charge is -2.26. The molecule has 12 nitrogen and oxygen atoms in total. The minimum absolute atomic E-state index is 0.106. The summed E-state index contributed by atoms with van der Waals surface area (Å²) in [6.07, 6.45) is -6.89. The largest absolute Gasteiger partial charge is 0.478 e. The Balaban J connectivity index is -0.000000653. The van der Waals surface area contributed by atoms with Crippen molar-refractivity contribution in [3.05, 3.63) is 48.6 Å². The quantitative estimate of drug-likeness (QED) is 0.167. The Bertz CT molecular complexity index is 680. The Morgan fingerprint density at radius 1 is 0.588 bits per heavy atom. The van der Waals surface area contributed by atoms with Gasteiger partial charge >= 0.3 is 23.9 Å². The number of carbonyl (C=O) groups is 4. The second kappa shape index (κ2) is 18.1. The molecule has 0 aliphatic heterocycles. The average molecular weight is 491 g/mol. The summed E-state index contributed by atoms with van der Waals surface area (Å²) in [5.41, 5.74) is 0.563. The lowest BCUT2D eigenvalue weighted by molar-refractivity contribution is -0.158. The number of ether oxygens (including phenoxy) is 2. The van der Waals surface area contributed by atoms with Crippen LogP contribution in [0.2, 0.25) is 0 Å². The second-order valence-corrected chi connectivity index (χ2v) is 7.04. The number of rotatable bonds is 11. The number of hydrogen-bond donors (Lipinski definition) is 6. The topological polar surface area (TPSA) is 208 Å². The molecule has 0 aromatic rings. The van der Waals surface area contributed by atoms with Gasteiger partial charge in [-0.2, -0.15) is 0 Å². The van der Waals surface area contributed by atoms with E-state index >= 15 is 0 Å². The molecule has 0 aliphatic carbocycles. The van der Waals surface area contributed by atoms with Gasteiger partial charge in [-0.25, -0.2) is 19.2 Å². The summed E-state index contributed by atoms with van der Waals surface area (Å²) in [5.74, 6) is -3.40. The van der Waals surface area contributed by atoms with Gasteiger partial charge in [0.05, 0.1) is 0 Å². The summed E-state index contributed by atoms with van der Waals surface area (Å²) in [6, 6.07) is 0. The van der Waals surface area contributed by atoms with E-state index in [1.54, 1.807) is 0 Å². The van der Waals surface area contributed by atoms with E-state index in [1.165, 1.54) is 27.7 Å². The number of carboxylic acids is 2. The molecule has 6 N–H and O–H groups in total. The van der Waals surface area contributed by atoms with Crippen molar-refractivity contribution < 1.29 is 59.3 Å². The van der Waals surface area contributed by atoms with Gasteiger partial charge < -0.3 is 40.1 Å². The zero-order chi connectivity index (χ0) is 27.8. The number of hydrogen-bond acceptors (Lipinski definition) is 10. The Kier molecular flexibility index (Phi) is 18.8. The first kappa shape index (κ1) is 35.3. The van der Waals surface area contributed by atoms with Gasteiger partial charge in [0, 0.05) is 22.3 Å². The van der Waals surface area contributed by atoms with Gasteiger partial charge in [-0.3, -0.25) is 0 Å². The smallest absolute Gasteiger partial charge is 0.333 e. The molecular formula is C22H34O12. The molecule has 194 valence electrons. The number of aliphatic hydroxyl groups is 4. The molecule has 4 atom stereocenters. The molecule has 0 heterocycles. The molecule has 0 amide bonds. The maximum atomic E-state index is 11.1. The Labute approximate surface area is 197 Å². The first-order chi connectivity index (χ1) is 15.4. The van der Waals surface area contributed by atoms with Gasteiger partial charge in [0.1, 0.15) is 37.6 Å². The zero-order valence-corrected chi connectivity index (χ0v) is 19.7. The molecule has 0 fully saturated rings. The fraction of sp³-hybridized carbons (Fsp3) is 0.455. The van der Waals surface area contributed by atoms with E-state index < -0.39 is 61.5 Å². The van der Waals surface area contributed by atoms with Crippen molar-refractivity contribution in [1.82, 2.24) is 0 Å². The first-order valence-corrected chi connectivity index (χ1v) is 9.51. The molecule has 0 aromatic heterocycles. The van der Waals surface area contributed by atoms with E-state index in [0.29, 0.717) is 0 Å². The predicted octanol–water partition coefficient (Wildman–Crippen LogP) is -0.0372. The van der Waals surface area contributed by atoms with Crippen LogP contribution in [0.5, 0.6) is 0 Å². The minimum Gasteiger partial charge on any atom is -0.478 e. The third-order valence-corrected chi connectivity index (χ3v) is 3.34. The van der Waals surface area contributed by atoms with Crippen molar-refractivity contribution in [1.29, 1.82) is 0 Å². The molecule has 0 bridgehead atoms. The van der Waals surface area contributed by atoms with Gasteiger partial charge in [-0.05, 0) is 27.7 Å². The third-order valence-electron chi connectivity index (χ3n) is 3.34. The maximum absolute atomic E-state index is 11.1. The highest BCUT2D eigenvalue weighted by molar-refractivity contribution is 5.87. The Morgan fingerprint density at radius 2 is 0.794 bits per heavy atom. The van der Waals surface area contributed by atoms with Crippen molar-refractivity contribution in [2.45, 2.75) is 52.1 Å². The van der Waals surface area contributed by atoms with Crippen molar-refractivity contribution >= 4 is 23.9 Å². The molecular weight excluding hydrogens is 456 g/mol.